The molecule has 228 valence electrons. The van der Waals surface area contributed by atoms with E-state index >= 15 is 0 Å². The summed E-state index contributed by atoms with van der Waals surface area (Å²) in [6.45, 7) is 6.17. The Hall–Kier alpha value is -3.34. The first kappa shape index (κ1) is 29.7. The summed E-state index contributed by atoms with van der Waals surface area (Å²) < 4.78 is 1.93. The minimum Gasteiger partial charge on any atom is -0.343 e. The second kappa shape index (κ2) is 13.1. The smallest absolute Gasteiger partial charge is 0.245 e. The van der Waals surface area contributed by atoms with Crippen molar-refractivity contribution in [1.29, 1.82) is 0 Å². The maximum atomic E-state index is 14.1. The van der Waals surface area contributed by atoms with Crippen molar-refractivity contribution in [1.82, 2.24) is 40.6 Å². The molecule has 2 N–H and O–H groups in total. The molecule has 2 fully saturated rings. The van der Waals surface area contributed by atoms with Crippen molar-refractivity contribution >= 4 is 23.4 Å². The number of piperazine rings is 1. The number of halogens is 1. The van der Waals surface area contributed by atoms with Gasteiger partial charge in [0.25, 0.3) is 0 Å². The lowest BCUT2D eigenvalue weighted by Crippen LogP contribution is -2.62. The van der Waals surface area contributed by atoms with Gasteiger partial charge in [0.1, 0.15) is 11.9 Å². The normalized spacial score (nSPS) is 21.2. The summed E-state index contributed by atoms with van der Waals surface area (Å²) in [5, 5.41) is 19.4. The number of aryl methyl sites for hydroxylation is 1. The summed E-state index contributed by atoms with van der Waals surface area (Å²) in [4.78, 5) is 32.1. The lowest BCUT2D eigenvalue weighted by atomic mass is 9.79. The molecule has 43 heavy (non-hydrogen) atoms. The molecule has 0 bridgehead atoms. The van der Waals surface area contributed by atoms with Gasteiger partial charge in [0.05, 0.1) is 12.6 Å². The maximum absolute atomic E-state index is 14.1. The summed E-state index contributed by atoms with van der Waals surface area (Å²) in [5.74, 6) is 0.655. The van der Waals surface area contributed by atoms with Crippen LogP contribution in [0.5, 0.6) is 0 Å². The lowest BCUT2D eigenvalue weighted by molar-refractivity contribution is -0.139. The highest BCUT2D eigenvalue weighted by Gasteiger charge is 2.41. The predicted octanol–water partition coefficient (Wildman–Crippen LogP) is 2.92. The summed E-state index contributed by atoms with van der Waals surface area (Å²) in [7, 11) is 0. The van der Waals surface area contributed by atoms with E-state index in [-0.39, 0.29) is 23.4 Å². The van der Waals surface area contributed by atoms with Crippen molar-refractivity contribution in [2.75, 3.05) is 26.2 Å². The number of benzene rings is 2. The first-order valence-corrected chi connectivity index (χ1v) is 15.9. The van der Waals surface area contributed by atoms with Crippen molar-refractivity contribution < 1.29 is 9.59 Å². The van der Waals surface area contributed by atoms with Crippen molar-refractivity contribution in [2.45, 2.75) is 82.6 Å². The van der Waals surface area contributed by atoms with Gasteiger partial charge in [-0.2, -0.15) is 0 Å². The zero-order valence-electron chi connectivity index (χ0n) is 24.8. The molecule has 10 nitrogen and oxygen atoms in total. The van der Waals surface area contributed by atoms with Gasteiger partial charge in [-0.3, -0.25) is 14.5 Å². The van der Waals surface area contributed by atoms with Crippen molar-refractivity contribution in [3.8, 4) is 0 Å². The lowest BCUT2D eigenvalue weighted by Gasteiger charge is -2.50. The highest BCUT2D eigenvalue weighted by Crippen LogP contribution is 2.36. The monoisotopic (exact) mass is 604 g/mol. The summed E-state index contributed by atoms with van der Waals surface area (Å²) in [5.41, 5.74) is 3.34. The number of rotatable bonds is 8. The first-order chi connectivity index (χ1) is 20.9. The highest BCUT2D eigenvalue weighted by molar-refractivity contribution is 6.30. The number of amides is 2. The molecule has 0 radical (unpaired) electrons. The Morgan fingerprint density at radius 2 is 1.74 bits per heavy atom. The Morgan fingerprint density at radius 1 is 1.02 bits per heavy atom. The molecule has 2 aliphatic heterocycles. The largest absolute Gasteiger partial charge is 0.343 e. The quantitative estimate of drug-likeness (QED) is 0.407. The molecule has 3 aromatic rings. The predicted molar refractivity (Wildman–Crippen MR) is 164 cm³/mol. The van der Waals surface area contributed by atoms with Crippen LogP contribution in [-0.2, 0) is 35.5 Å². The molecule has 1 aromatic heterocycles. The van der Waals surface area contributed by atoms with E-state index in [1.54, 1.807) is 0 Å². The second-order valence-electron chi connectivity index (χ2n) is 12.3. The third kappa shape index (κ3) is 6.76. The highest BCUT2D eigenvalue weighted by atomic mass is 35.5. The summed E-state index contributed by atoms with van der Waals surface area (Å²) in [6, 6.07) is 14.7. The molecular weight excluding hydrogens is 564 g/mol. The topological polar surface area (TPSA) is 108 Å². The number of nitrogens with one attached hydrogen (secondary N) is 2. The van der Waals surface area contributed by atoms with Gasteiger partial charge in [-0.15, -0.1) is 5.10 Å². The van der Waals surface area contributed by atoms with Crippen LogP contribution >= 0.6 is 11.6 Å². The van der Waals surface area contributed by atoms with Crippen LogP contribution in [0.15, 0.2) is 48.5 Å². The van der Waals surface area contributed by atoms with E-state index in [4.69, 9.17) is 11.6 Å². The maximum Gasteiger partial charge on any atom is 0.245 e. The Balaban J connectivity index is 1.14. The van der Waals surface area contributed by atoms with Crippen LogP contribution in [0.2, 0.25) is 5.02 Å². The number of carbonyl (C=O) groups excluding carboxylic acids is 2. The van der Waals surface area contributed by atoms with Gasteiger partial charge < -0.3 is 15.5 Å². The SMILES string of the molecule is Cc1nnnn1CC1(N2CCN(C(=O)[C@@H](Cc3ccc(Cl)cc3)NC(=O)[C@H]3Cc4ccccc4CN3)CC2)CCCCC1. The van der Waals surface area contributed by atoms with E-state index in [2.05, 4.69) is 43.2 Å². The third-order valence-electron chi connectivity index (χ3n) is 9.57. The van der Waals surface area contributed by atoms with E-state index in [9.17, 15) is 9.59 Å². The van der Waals surface area contributed by atoms with Gasteiger partial charge in [0.15, 0.2) is 0 Å². The number of hydrogen-bond acceptors (Lipinski definition) is 7. The minimum absolute atomic E-state index is 0.00655. The van der Waals surface area contributed by atoms with Gasteiger partial charge in [-0.1, -0.05) is 67.3 Å². The number of hydrogen-bond donors (Lipinski definition) is 2. The molecule has 3 heterocycles. The molecule has 1 aliphatic carbocycles. The van der Waals surface area contributed by atoms with E-state index in [0.717, 1.165) is 43.9 Å². The second-order valence-corrected chi connectivity index (χ2v) is 12.7. The van der Waals surface area contributed by atoms with Crippen LogP contribution in [0.4, 0.5) is 0 Å². The number of tetrazole rings is 1. The number of nitrogens with zero attached hydrogens (tertiary/aromatic N) is 6. The molecule has 2 atom stereocenters. The standard InChI is InChI=1S/C32H41ClN8O2/c1-23-36-37-38-41(23)22-32(13-5-2-6-14-32)40-17-15-39(16-18-40)31(43)29(19-24-9-11-27(33)12-10-24)35-30(42)28-20-25-7-3-4-8-26(25)21-34-28/h3-4,7-12,28-29,34H,2,5-6,13-22H2,1H3,(H,35,42)/t28-,29-/m1/s1. The van der Waals surface area contributed by atoms with Crippen molar-refractivity contribution in [3.63, 3.8) is 0 Å². The summed E-state index contributed by atoms with van der Waals surface area (Å²) in [6.07, 6.45) is 6.85. The molecule has 11 heteroatoms. The van der Waals surface area contributed by atoms with Crippen LogP contribution < -0.4 is 10.6 Å². The molecule has 3 aliphatic rings. The van der Waals surface area contributed by atoms with E-state index in [1.807, 2.05) is 52.9 Å². The Morgan fingerprint density at radius 3 is 2.44 bits per heavy atom. The fraction of sp³-hybridized carbons (Fsp3) is 0.531. The summed E-state index contributed by atoms with van der Waals surface area (Å²) >= 11 is 6.13. The van der Waals surface area contributed by atoms with Crippen LogP contribution in [0.1, 0.15) is 54.6 Å². The zero-order valence-corrected chi connectivity index (χ0v) is 25.6. The Bertz CT molecular complexity index is 1410. The average Bonchev–Trinajstić information content (AvgIpc) is 3.45. The first-order valence-electron chi connectivity index (χ1n) is 15.5. The average molecular weight is 605 g/mol. The van der Waals surface area contributed by atoms with E-state index in [0.29, 0.717) is 37.5 Å². The number of carbonyl (C=O) groups is 2. The number of aromatic nitrogens is 4. The van der Waals surface area contributed by atoms with Crippen LogP contribution in [-0.4, -0.2) is 85.6 Å². The molecule has 1 saturated heterocycles. The Kier molecular flexibility index (Phi) is 9.06. The van der Waals surface area contributed by atoms with Gasteiger partial charge in [0, 0.05) is 49.7 Å². The molecule has 2 aromatic carbocycles. The Labute approximate surface area is 258 Å². The number of fused-ring (bicyclic) bond motifs is 1. The van der Waals surface area contributed by atoms with Crippen LogP contribution in [0.25, 0.3) is 0 Å². The zero-order chi connectivity index (χ0) is 29.8. The van der Waals surface area contributed by atoms with Gasteiger partial charge >= 0.3 is 0 Å². The van der Waals surface area contributed by atoms with Gasteiger partial charge in [0.2, 0.25) is 11.8 Å². The molecule has 0 spiro atoms. The van der Waals surface area contributed by atoms with Gasteiger partial charge in [-0.05, 0) is 65.4 Å². The fourth-order valence-corrected chi connectivity index (χ4v) is 7.17. The molecule has 1 saturated carbocycles. The minimum atomic E-state index is -0.660. The molecule has 6 rings (SSSR count). The molecule has 0 unspecified atom stereocenters. The van der Waals surface area contributed by atoms with Crippen molar-refractivity contribution in [3.05, 3.63) is 76.1 Å². The van der Waals surface area contributed by atoms with Gasteiger partial charge in [-0.25, -0.2) is 4.68 Å². The molecular formula is C32H41ClN8O2. The van der Waals surface area contributed by atoms with E-state index in [1.165, 1.54) is 30.4 Å². The van der Waals surface area contributed by atoms with E-state index < -0.39 is 6.04 Å². The third-order valence-corrected chi connectivity index (χ3v) is 9.82. The van der Waals surface area contributed by atoms with Crippen molar-refractivity contribution in [2.24, 2.45) is 0 Å². The molecule has 2 amide bonds. The van der Waals surface area contributed by atoms with Crippen LogP contribution in [0, 0.1) is 6.92 Å². The fourth-order valence-electron chi connectivity index (χ4n) is 7.05. The van der Waals surface area contributed by atoms with Crippen LogP contribution in [0.3, 0.4) is 0 Å².